The van der Waals surface area contributed by atoms with Gasteiger partial charge in [-0.15, -0.1) is 22.7 Å². The summed E-state index contributed by atoms with van der Waals surface area (Å²) in [4.78, 5) is 55.7. The fourth-order valence-corrected chi connectivity index (χ4v) is 8.91. The number of hydrogen-bond donors (Lipinski definition) is 1. The van der Waals surface area contributed by atoms with E-state index in [1.807, 2.05) is 96.7 Å². The molecule has 0 spiro atoms. The molecule has 0 radical (unpaired) electrons. The molecule has 0 unspecified atom stereocenters. The summed E-state index contributed by atoms with van der Waals surface area (Å²) in [5, 5.41) is 4.85. The lowest BCUT2D eigenvalue weighted by atomic mass is 10.00. The van der Waals surface area contributed by atoms with Crippen LogP contribution in [0, 0.1) is 5.92 Å². The van der Waals surface area contributed by atoms with E-state index in [1.165, 1.54) is 0 Å². The quantitative estimate of drug-likeness (QED) is 0.0879. The summed E-state index contributed by atoms with van der Waals surface area (Å²) < 4.78 is 0. The second-order valence-electron chi connectivity index (χ2n) is 14.5. The summed E-state index contributed by atoms with van der Waals surface area (Å²) >= 11 is 3.21. The highest BCUT2D eigenvalue weighted by atomic mass is 32.1. The Hall–Kier alpha value is -5.45. The van der Waals surface area contributed by atoms with Gasteiger partial charge in [-0.3, -0.25) is 14.4 Å². The molecule has 300 valence electrons. The summed E-state index contributed by atoms with van der Waals surface area (Å²) in [6.45, 7) is 10.3. The van der Waals surface area contributed by atoms with Gasteiger partial charge in [-0.1, -0.05) is 137 Å². The Morgan fingerprint density at radius 2 is 1.07 bits per heavy atom. The minimum atomic E-state index is -0.759. The summed E-state index contributed by atoms with van der Waals surface area (Å²) in [7, 11) is 0. The molecule has 0 saturated carbocycles. The highest BCUT2D eigenvalue weighted by Gasteiger charge is 2.29. The lowest BCUT2D eigenvalue weighted by Gasteiger charge is -2.28. The van der Waals surface area contributed by atoms with Crippen LogP contribution < -0.4 is 5.32 Å². The molecule has 0 bridgehead atoms. The first kappa shape index (κ1) is 42.2. The second kappa shape index (κ2) is 20.8. The van der Waals surface area contributed by atoms with Crippen LogP contribution in [-0.2, 0) is 33.9 Å². The Labute approximate surface area is 351 Å². The van der Waals surface area contributed by atoms with Crippen LogP contribution in [0.3, 0.4) is 0 Å². The maximum atomic E-state index is 14.1. The predicted molar refractivity (Wildman–Crippen MR) is 237 cm³/mol. The molecule has 0 aliphatic heterocycles. The third-order valence-electron chi connectivity index (χ3n) is 10.3. The summed E-state index contributed by atoms with van der Waals surface area (Å²) in [5.41, 5.74) is 6.18. The van der Waals surface area contributed by atoms with Crippen LogP contribution in [0.25, 0.3) is 32.0 Å². The molecule has 10 heteroatoms. The molecule has 0 aliphatic rings. The zero-order valence-electron chi connectivity index (χ0n) is 33.9. The van der Waals surface area contributed by atoms with Crippen LogP contribution in [0.1, 0.15) is 80.6 Å². The predicted octanol–water partition coefficient (Wildman–Crippen LogP) is 10.6. The minimum absolute atomic E-state index is 0.0900. The van der Waals surface area contributed by atoms with Gasteiger partial charge in [0.25, 0.3) is 0 Å². The third-order valence-corrected chi connectivity index (χ3v) is 12.4. The maximum Gasteiger partial charge on any atom is 0.250 e. The Balaban J connectivity index is 1.09. The van der Waals surface area contributed by atoms with Crippen molar-refractivity contribution in [3.05, 3.63) is 143 Å². The normalized spacial score (nSPS) is 11.7. The molecule has 0 fully saturated rings. The van der Waals surface area contributed by atoms with Gasteiger partial charge in [0, 0.05) is 31.4 Å². The van der Waals surface area contributed by atoms with Gasteiger partial charge in [-0.25, -0.2) is 9.97 Å². The SMILES string of the molecule is CCCN(Cc1ncc(-c2ccc(-c3ccc(-c4cnc(CN(CCC)C(=O)[C@@H](NC(=O)C(CC)CC)c5ccccc5)s4)cc3)cc2)s1)C(=O)Cc1ccccc1. The van der Waals surface area contributed by atoms with Gasteiger partial charge >= 0.3 is 0 Å². The van der Waals surface area contributed by atoms with E-state index in [2.05, 4.69) is 72.7 Å². The first-order valence-electron chi connectivity index (χ1n) is 20.4. The van der Waals surface area contributed by atoms with E-state index in [9.17, 15) is 14.4 Å². The zero-order chi connectivity index (χ0) is 40.9. The summed E-state index contributed by atoms with van der Waals surface area (Å²) in [6.07, 6.45) is 7.31. The topological polar surface area (TPSA) is 95.5 Å². The molecule has 2 heterocycles. The average molecular weight is 812 g/mol. The zero-order valence-corrected chi connectivity index (χ0v) is 35.5. The summed E-state index contributed by atoms with van der Waals surface area (Å²) in [5.74, 6) is -0.233. The molecule has 6 aromatic rings. The fraction of sp³-hybridized carbons (Fsp3) is 0.312. The molecule has 0 saturated heterocycles. The maximum absolute atomic E-state index is 14.1. The Kier molecular flexibility index (Phi) is 15.1. The Morgan fingerprint density at radius 3 is 1.57 bits per heavy atom. The van der Waals surface area contributed by atoms with Crippen molar-refractivity contribution in [3.8, 4) is 32.0 Å². The average Bonchev–Trinajstić information content (AvgIpc) is 3.94. The largest absolute Gasteiger partial charge is 0.340 e. The lowest BCUT2D eigenvalue weighted by Crippen LogP contribution is -2.44. The standard InChI is InChI=1S/C48H53N5O3S2/c1-5-27-52(45(54)29-34-15-11-9-12-16-34)32-43-49-30-41(57-43)38-23-19-36(20-24-38)37-21-25-39(26-22-37)42-31-50-44(58-42)33-53(28-6-2)48(56)46(40-17-13-10-14-18-40)51-47(55)35(7-3)8-4/h9-26,30-31,35,46H,5-8,27-29,32-33H2,1-4H3,(H,51,55)/t46-/m0/s1. The number of nitrogens with zero attached hydrogens (tertiary/aromatic N) is 4. The molecule has 4 aromatic carbocycles. The first-order valence-corrected chi connectivity index (χ1v) is 22.0. The van der Waals surface area contributed by atoms with E-state index in [0.29, 0.717) is 32.6 Å². The number of rotatable bonds is 19. The molecule has 6 rings (SSSR count). The van der Waals surface area contributed by atoms with E-state index < -0.39 is 6.04 Å². The number of thiazole rings is 2. The molecule has 0 aliphatic carbocycles. The van der Waals surface area contributed by atoms with Crippen molar-refractivity contribution in [1.82, 2.24) is 25.1 Å². The molecular formula is C48H53N5O3S2. The molecule has 8 nitrogen and oxygen atoms in total. The van der Waals surface area contributed by atoms with E-state index in [-0.39, 0.29) is 23.6 Å². The van der Waals surface area contributed by atoms with Gasteiger partial charge in [0.05, 0.1) is 29.3 Å². The van der Waals surface area contributed by atoms with E-state index in [1.54, 1.807) is 22.7 Å². The number of hydrogen-bond acceptors (Lipinski definition) is 7. The second-order valence-corrected chi connectivity index (χ2v) is 16.7. The number of nitrogens with one attached hydrogen (secondary N) is 1. The number of benzene rings is 4. The van der Waals surface area contributed by atoms with Crippen LogP contribution in [0.4, 0.5) is 0 Å². The van der Waals surface area contributed by atoms with Crippen LogP contribution >= 0.6 is 22.7 Å². The van der Waals surface area contributed by atoms with Crippen LogP contribution in [0.15, 0.2) is 122 Å². The van der Waals surface area contributed by atoms with E-state index in [4.69, 9.17) is 4.98 Å². The van der Waals surface area contributed by atoms with Crippen LogP contribution in [0.2, 0.25) is 0 Å². The molecule has 2 aromatic heterocycles. The van der Waals surface area contributed by atoms with Crippen molar-refractivity contribution in [3.63, 3.8) is 0 Å². The van der Waals surface area contributed by atoms with Crippen molar-refractivity contribution < 1.29 is 14.4 Å². The van der Waals surface area contributed by atoms with Crippen LogP contribution in [0.5, 0.6) is 0 Å². The third kappa shape index (κ3) is 10.9. The van der Waals surface area contributed by atoms with Crippen molar-refractivity contribution in [2.24, 2.45) is 5.92 Å². The van der Waals surface area contributed by atoms with Crippen molar-refractivity contribution in [2.45, 2.75) is 78.9 Å². The molecule has 58 heavy (non-hydrogen) atoms. The number of carbonyl (C=O) groups is 3. The van der Waals surface area contributed by atoms with Gasteiger partial charge in [0.15, 0.2) is 0 Å². The molecule has 1 N–H and O–H groups in total. The number of carbonyl (C=O) groups excluding carboxylic acids is 3. The summed E-state index contributed by atoms with van der Waals surface area (Å²) in [6, 6.07) is 35.7. The van der Waals surface area contributed by atoms with Crippen molar-refractivity contribution >= 4 is 40.4 Å². The van der Waals surface area contributed by atoms with Gasteiger partial charge in [-0.2, -0.15) is 0 Å². The van der Waals surface area contributed by atoms with Gasteiger partial charge < -0.3 is 15.1 Å². The lowest BCUT2D eigenvalue weighted by molar-refractivity contribution is -0.138. The van der Waals surface area contributed by atoms with Gasteiger partial charge in [-0.05, 0) is 59.1 Å². The molecule has 1 atom stereocenters. The number of amides is 3. The van der Waals surface area contributed by atoms with Crippen molar-refractivity contribution in [1.29, 1.82) is 0 Å². The number of aromatic nitrogens is 2. The monoisotopic (exact) mass is 811 g/mol. The van der Waals surface area contributed by atoms with Gasteiger partial charge in [0.1, 0.15) is 16.1 Å². The molecular weight excluding hydrogens is 759 g/mol. The minimum Gasteiger partial charge on any atom is -0.340 e. The van der Waals surface area contributed by atoms with Gasteiger partial charge in [0.2, 0.25) is 17.7 Å². The molecule has 3 amide bonds. The smallest absolute Gasteiger partial charge is 0.250 e. The first-order chi connectivity index (χ1) is 28.3. The van der Waals surface area contributed by atoms with E-state index in [0.717, 1.165) is 78.8 Å². The highest BCUT2D eigenvalue weighted by Crippen LogP contribution is 2.32. The fourth-order valence-electron chi connectivity index (χ4n) is 7.03. The van der Waals surface area contributed by atoms with Crippen molar-refractivity contribution in [2.75, 3.05) is 13.1 Å². The highest BCUT2D eigenvalue weighted by molar-refractivity contribution is 7.15. The Bertz CT molecular complexity index is 2220. The Morgan fingerprint density at radius 1 is 0.603 bits per heavy atom. The van der Waals surface area contributed by atoms with Crippen LogP contribution in [-0.4, -0.2) is 50.6 Å². The van der Waals surface area contributed by atoms with E-state index >= 15 is 0 Å².